The van der Waals surface area contributed by atoms with Crippen LogP contribution >= 0.6 is 0 Å². The lowest BCUT2D eigenvalue weighted by atomic mass is 9.97. The van der Waals surface area contributed by atoms with Gasteiger partial charge in [0.25, 0.3) is 0 Å². The van der Waals surface area contributed by atoms with E-state index >= 15 is 0 Å². The number of benzene rings is 1. The van der Waals surface area contributed by atoms with Crippen LogP contribution in [0.3, 0.4) is 0 Å². The molecule has 0 unspecified atom stereocenters. The molecule has 3 heterocycles. The number of fused-ring (bicyclic) bond motifs is 1. The minimum Gasteiger partial charge on any atom is -0.372 e. The summed E-state index contributed by atoms with van der Waals surface area (Å²) in [6.07, 6.45) is 5.27. The van der Waals surface area contributed by atoms with Gasteiger partial charge in [-0.2, -0.15) is 0 Å². The number of anilines is 3. The standard InChI is InChI=1S/C25H29FN6/c1-18(29-23-12-13-27-17-28-23)32-15-6-5-14-31(4)22-11-10-21(30-24(22)32)19-8-7-9-20(16-19)25(2,3)26/h7-13,16-17H,1,5-6,14-15H2,2-4H3,(H,27,28,29). The first-order chi connectivity index (χ1) is 15.3. The van der Waals surface area contributed by atoms with Crippen molar-refractivity contribution in [2.75, 3.05) is 35.3 Å². The molecule has 0 radical (unpaired) electrons. The van der Waals surface area contributed by atoms with Gasteiger partial charge < -0.3 is 15.1 Å². The van der Waals surface area contributed by atoms with E-state index in [0.717, 1.165) is 48.7 Å². The number of rotatable bonds is 5. The first-order valence-electron chi connectivity index (χ1n) is 10.8. The smallest absolute Gasteiger partial charge is 0.158 e. The molecule has 0 saturated carbocycles. The number of hydrogen-bond donors (Lipinski definition) is 1. The SMILES string of the molecule is C=C(Nc1ccncn1)N1CCCCN(C)c2ccc(-c3cccc(C(C)(C)F)c3)nc21. The molecule has 32 heavy (non-hydrogen) atoms. The minimum atomic E-state index is -1.42. The molecule has 7 heteroatoms. The number of hydrogen-bond acceptors (Lipinski definition) is 6. The summed E-state index contributed by atoms with van der Waals surface area (Å²) in [6.45, 7) is 9.14. The Labute approximate surface area is 188 Å². The van der Waals surface area contributed by atoms with Gasteiger partial charge in [-0.05, 0) is 56.5 Å². The van der Waals surface area contributed by atoms with E-state index in [1.54, 1.807) is 26.1 Å². The summed E-state index contributed by atoms with van der Waals surface area (Å²) in [6, 6.07) is 13.4. The highest BCUT2D eigenvalue weighted by Gasteiger charge is 2.23. The molecule has 0 spiro atoms. The van der Waals surface area contributed by atoms with E-state index in [2.05, 4.69) is 44.8 Å². The van der Waals surface area contributed by atoms with Gasteiger partial charge in [0.1, 0.15) is 23.6 Å². The van der Waals surface area contributed by atoms with Gasteiger partial charge in [0.05, 0.1) is 11.4 Å². The molecule has 1 aliphatic rings. The van der Waals surface area contributed by atoms with Crippen molar-refractivity contribution < 1.29 is 4.39 Å². The van der Waals surface area contributed by atoms with Gasteiger partial charge in [-0.25, -0.2) is 19.3 Å². The third kappa shape index (κ3) is 4.72. The van der Waals surface area contributed by atoms with Crippen LogP contribution in [0.5, 0.6) is 0 Å². The molecule has 0 fully saturated rings. The van der Waals surface area contributed by atoms with Gasteiger partial charge >= 0.3 is 0 Å². The van der Waals surface area contributed by atoms with E-state index in [9.17, 15) is 4.39 Å². The highest BCUT2D eigenvalue weighted by molar-refractivity contribution is 5.75. The van der Waals surface area contributed by atoms with E-state index in [1.807, 2.05) is 30.3 Å². The number of nitrogens with zero attached hydrogens (tertiary/aromatic N) is 5. The predicted octanol–water partition coefficient (Wildman–Crippen LogP) is 5.36. The van der Waals surface area contributed by atoms with Gasteiger partial charge in [-0.15, -0.1) is 0 Å². The number of halogens is 1. The van der Waals surface area contributed by atoms with E-state index < -0.39 is 5.67 Å². The highest BCUT2D eigenvalue weighted by atomic mass is 19.1. The summed E-state index contributed by atoms with van der Waals surface area (Å²) in [5.41, 5.74) is 1.92. The maximum atomic E-state index is 14.5. The van der Waals surface area contributed by atoms with Crippen molar-refractivity contribution in [1.29, 1.82) is 0 Å². The zero-order chi connectivity index (χ0) is 22.7. The van der Waals surface area contributed by atoms with E-state index in [-0.39, 0.29) is 0 Å². The van der Waals surface area contributed by atoms with Crippen molar-refractivity contribution in [2.24, 2.45) is 0 Å². The fraction of sp³-hybridized carbons (Fsp3) is 0.320. The van der Waals surface area contributed by atoms with Crippen LogP contribution in [0.2, 0.25) is 0 Å². The van der Waals surface area contributed by atoms with Gasteiger partial charge in [-0.3, -0.25) is 0 Å². The van der Waals surface area contributed by atoms with Crippen molar-refractivity contribution in [3.8, 4) is 11.3 Å². The molecule has 6 nitrogen and oxygen atoms in total. The molecule has 0 bridgehead atoms. The quantitative estimate of drug-likeness (QED) is 0.586. The normalized spacial score (nSPS) is 14.4. The molecule has 166 valence electrons. The van der Waals surface area contributed by atoms with Crippen molar-refractivity contribution in [2.45, 2.75) is 32.4 Å². The molecular formula is C25H29FN6. The summed E-state index contributed by atoms with van der Waals surface area (Å²) < 4.78 is 14.5. The van der Waals surface area contributed by atoms with E-state index in [0.29, 0.717) is 17.2 Å². The van der Waals surface area contributed by atoms with Crippen LogP contribution in [0, 0.1) is 0 Å². The summed E-state index contributed by atoms with van der Waals surface area (Å²) in [7, 11) is 2.08. The summed E-state index contributed by atoms with van der Waals surface area (Å²) in [4.78, 5) is 17.6. The topological polar surface area (TPSA) is 57.2 Å². The molecule has 1 aliphatic heterocycles. The molecular weight excluding hydrogens is 403 g/mol. The summed E-state index contributed by atoms with van der Waals surface area (Å²) >= 11 is 0. The lowest BCUT2D eigenvalue weighted by Gasteiger charge is -2.33. The van der Waals surface area contributed by atoms with Crippen LogP contribution in [-0.4, -0.2) is 35.1 Å². The molecule has 1 N–H and O–H groups in total. The van der Waals surface area contributed by atoms with Gasteiger partial charge in [0.2, 0.25) is 0 Å². The second kappa shape index (κ2) is 8.94. The van der Waals surface area contributed by atoms with Crippen LogP contribution in [0.15, 0.2) is 67.4 Å². The average Bonchev–Trinajstić information content (AvgIpc) is 2.77. The molecule has 0 saturated heterocycles. The first-order valence-corrected chi connectivity index (χ1v) is 10.8. The maximum absolute atomic E-state index is 14.5. The van der Waals surface area contributed by atoms with Crippen LogP contribution < -0.4 is 15.1 Å². The van der Waals surface area contributed by atoms with Gasteiger partial charge in [0.15, 0.2) is 5.82 Å². The third-order valence-electron chi connectivity index (χ3n) is 5.67. The van der Waals surface area contributed by atoms with E-state index in [4.69, 9.17) is 4.98 Å². The zero-order valence-corrected chi connectivity index (χ0v) is 18.8. The monoisotopic (exact) mass is 432 g/mol. The Morgan fingerprint density at radius 3 is 2.69 bits per heavy atom. The van der Waals surface area contributed by atoms with Crippen LogP contribution in [0.25, 0.3) is 11.3 Å². The number of alkyl halides is 1. The fourth-order valence-corrected chi connectivity index (χ4v) is 3.83. The molecule has 3 aromatic rings. The molecule has 4 rings (SSSR count). The minimum absolute atomic E-state index is 0.632. The fourth-order valence-electron chi connectivity index (χ4n) is 3.83. The van der Waals surface area contributed by atoms with Crippen molar-refractivity contribution >= 4 is 17.3 Å². The van der Waals surface area contributed by atoms with Crippen molar-refractivity contribution in [3.05, 3.63) is 73.0 Å². The van der Waals surface area contributed by atoms with Crippen LogP contribution in [-0.2, 0) is 5.67 Å². The van der Waals surface area contributed by atoms with Crippen molar-refractivity contribution in [3.63, 3.8) is 0 Å². The summed E-state index contributed by atoms with van der Waals surface area (Å²) in [5, 5.41) is 3.28. The van der Waals surface area contributed by atoms with Gasteiger partial charge in [0, 0.05) is 31.9 Å². The van der Waals surface area contributed by atoms with E-state index in [1.165, 1.54) is 6.33 Å². The molecule has 0 aliphatic carbocycles. The summed E-state index contributed by atoms with van der Waals surface area (Å²) in [5.74, 6) is 2.20. The second-order valence-electron chi connectivity index (χ2n) is 8.54. The Morgan fingerprint density at radius 1 is 1.12 bits per heavy atom. The first kappa shape index (κ1) is 21.7. The Morgan fingerprint density at radius 2 is 1.94 bits per heavy atom. The molecule has 0 atom stereocenters. The van der Waals surface area contributed by atoms with Gasteiger partial charge in [-0.1, -0.05) is 24.8 Å². The Hall–Kier alpha value is -3.48. The largest absolute Gasteiger partial charge is 0.372 e. The molecule has 0 amide bonds. The lowest BCUT2D eigenvalue weighted by molar-refractivity contribution is 0.221. The Balaban J connectivity index is 1.74. The lowest BCUT2D eigenvalue weighted by Crippen LogP contribution is -2.33. The number of pyridine rings is 1. The average molecular weight is 433 g/mol. The highest BCUT2D eigenvalue weighted by Crippen LogP contribution is 2.35. The predicted molar refractivity (Wildman–Crippen MR) is 128 cm³/mol. The van der Waals surface area contributed by atoms with Crippen molar-refractivity contribution in [1.82, 2.24) is 15.0 Å². The molecule has 1 aromatic carbocycles. The molecule has 2 aromatic heterocycles. The third-order valence-corrected chi connectivity index (χ3v) is 5.67. The maximum Gasteiger partial charge on any atom is 0.158 e. The number of aromatic nitrogens is 3. The zero-order valence-electron chi connectivity index (χ0n) is 18.8. The Kier molecular flexibility index (Phi) is 6.08. The number of nitrogens with one attached hydrogen (secondary N) is 1. The Bertz CT molecular complexity index is 1090. The second-order valence-corrected chi connectivity index (χ2v) is 8.54. The van der Waals surface area contributed by atoms with Crippen LogP contribution in [0.4, 0.5) is 21.7 Å². The van der Waals surface area contributed by atoms with Crippen LogP contribution in [0.1, 0.15) is 32.3 Å².